The number of hydrogen-bond donors (Lipinski definition) is 0. The molecule has 7 heavy (non-hydrogen) atoms. The minimum atomic E-state index is 0. The lowest BCUT2D eigenvalue weighted by Gasteiger charge is -1.07. The summed E-state index contributed by atoms with van der Waals surface area (Å²) in [5, 5.41) is 0. The van der Waals surface area contributed by atoms with Gasteiger partial charge in [0.25, 0.3) is 0 Å². The number of hydrogen-bond acceptors (Lipinski definition) is 0. The van der Waals surface area contributed by atoms with Crippen molar-refractivity contribution in [1.82, 2.24) is 0 Å². The van der Waals surface area contributed by atoms with Crippen LogP contribution in [0.15, 0.2) is 0 Å². The van der Waals surface area contributed by atoms with Gasteiger partial charge in [0.15, 0.2) is 0 Å². The molecular formula is C5H20IP. The molecule has 0 heterocycles. The summed E-state index contributed by atoms with van der Waals surface area (Å²) in [5.41, 5.74) is 0. The highest BCUT2D eigenvalue weighted by molar-refractivity contribution is 14.0. The summed E-state index contributed by atoms with van der Waals surface area (Å²) in [6, 6.07) is 0. The smallest absolute Gasteiger partial charge is 0.0683 e. The topological polar surface area (TPSA) is 0 Å². The maximum atomic E-state index is 2.00. The number of rotatable bonds is 0. The molecule has 0 saturated carbocycles. The fourth-order valence-corrected chi connectivity index (χ4v) is 0. The first-order valence-electron chi connectivity index (χ1n) is 2.00. The molecule has 0 nitrogen and oxygen atoms in total. The Morgan fingerprint density at radius 2 is 0.714 bits per heavy atom. The van der Waals surface area contributed by atoms with Gasteiger partial charge in [-0.05, 0) is 0 Å². The summed E-state index contributed by atoms with van der Waals surface area (Å²) >= 11 is 0. The summed E-state index contributed by atoms with van der Waals surface area (Å²) in [6.07, 6.45) is 0. The second-order valence-electron chi connectivity index (χ2n) is 0. The molecule has 1 atom stereocenters. The predicted molar refractivity (Wildman–Crippen MR) is 55.9 cm³/mol. The monoisotopic (exact) mass is 238 g/mol. The lowest BCUT2D eigenvalue weighted by Crippen LogP contribution is -0.856. The molecule has 0 bridgehead atoms. The average Bonchev–Trinajstić information content (AvgIpc) is 1.50. The Morgan fingerprint density at radius 1 is 0.714 bits per heavy atom. The zero-order chi connectivity index (χ0) is 4.00. The van der Waals surface area contributed by atoms with Crippen LogP contribution in [0.4, 0.5) is 0 Å². The van der Waals surface area contributed by atoms with Gasteiger partial charge in [-0.2, -0.15) is 9.90 Å². The minimum Gasteiger partial charge on any atom is -0.153 e. The largest absolute Gasteiger partial charge is 0.153 e. The Kier molecular flexibility index (Phi) is 1210. The van der Waals surface area contributed by atoms with E-state index < -0.39 is 0 Å². The Hall–Kier alpha value is 1.16. The molecule has 0 saturated heterocycles. The Labute approximate surface area is 69.1 Å². The van der Waals surface area contributed by atoms with Crippen molar-refractivity contribution in [3.8, 4) is 0 Å². The SMILES string of the molecule is C.CC.CC.I.P. The van der Waals surface area contributed by atoms with Crippen molar-refractivity contribution >= 4 is 33.9 Å². The van der Waals surface area contributed by atoms with Gasteiger partial charge in [0, 0.05) is 0 Å². The quantitative estimate of drug-likeness (QED) is 0.448. The van der Waals surface area contributed by atoms with Gasteiger partial charge in [-0.25, -0.2) is 0 Å². The summed E-state index contributed by atoms with van der Waals surface area (Å²) in [6.45, 7) is 8.00. The molecule has 0 spiro atoms. The van der Waals surface area contributed by atoms with Crippen molar-refractivity contribution < 1.29 is 0 Å². The predicted octanol–water partition coefficient (Wildman–Crippen LogP) is 3.36. The highest BCUT2D eigenvalue weighted by Gasteiger charge is 0.934. The molecule has 0 amide bonds. The van der Waals surface area contributed by atoms with Crippen molar-refractivity contribution in [2.75, 3.05) is 0 Å². The van der Waals surface area contributed by atoms with Crippen molar-refractivity contribution in [1.29, 1.82) is 0 Å². The maximum absolute atomic E-state index is 2.00. The van der Waals surface area contributed by atoms with Gasteiger partial charge < -0.3 is 0 Å². The van der Waals surface area contributed by atoms with Crippen molar-refractivity contribution in [3.63, 3.8) is 0 Å². The van der Waals surface area contributed by atoms with Gasteiger partial charge >= 0.3 is 0 Å². The van der Waals surface area contributed by atoms with Crippen LogP contribution in [0.5, 0.6) is 0 Å². The highest BCUT2D eigenvalue weighted by atomic mass is 127. The molecular weight excluding hydrogens is 218 g/mol. The molecule has 1 unspecified atom stereocenters. The summed E-state index contributed by atoms with van der Waals surface area (Å²) in [5.74, 6) is 0. The molecule has 0 aliphatic rings. The van der Waals surface area contributed by atoms with Crippen LogP contribution in [0.25, 0.3) is 0 Å². The van der Waals surface area contributed by atoms with Crippen LogP contribution >= 0.6 is 33.9 Å². The van der Waals surface area contributed by atoms with Gasteiger partial charge in [-0.1, -0.05) is 35.1 Å². The fraction of sp³-hybridized carbons (Fsp3) is 1.00. The third-order valence-electron chi connectivity index (χ3n) is 0. The standard InChI is InChI=1S/2C2H6.CH4.HI.H3P/c2*1-2;;;/h2*1-2H3;1H4;1H;1H3. The molecule has 0 aliphatic carbocycles. The molecule has 0 aliphatic heterocycles. The summed E-state index contributed by atoms with van der Waals surface area (Å²) in [7, 11) is 0. The van der Waals surface area contributed by atoms with Gasteiger partial charge in [0.2, 0.25) is 0 Å². The van der Waals surface area contributed by atoms with Crippen LogP contribution in [0, 0.1) is 0 Å². The van der Waals surface area contributed by atoms with E-state index in [0.29, 0.717) is 0 Å². The third kappa shape index (κ3) is 142. The van der Waals surface area contributed by atoms with E-state index in [0.717, 1.165) is 0 Å². The van der Waals surface area contributed by atoms with Crippen LogP contribution in [-0.2, 0) is 0 Å². The van der Waals surface area contributed by atoms with E-state index in [1.165, 1.54) is 0 Å². The molecule has 2 heteroatoms. The van der Waals surface area contributed by atoms with Crippen molar-refractivity contribution in [3.05, 3.63) is 0 Å². The van der Waals surface area contributed by atoms with Crippen molar-refractivity contribution in [2.24, 2.45) is 0 Å². The van der Waals surface area contributed by atoms with Crippen LogP contribution in [0.1, 0.15) is 35.1 Å². The fourth-order valence-electron chi connectivity index (χ4n) is 0. The molecule has 0 N–H and O–H groups in total. The highest BCUT2D eigenvalue weighted by Crippen LogP contribution is 1.15. The normalized spacial score (nSPS) is 1.71. The maximum Gasteiger partial charge on any atom is -0.0683 e. The van der Waals surface area contributed by atoms with Crippen LogP contribution in [0.2, 0.25) is 0 Å². The molecule has 52 valence electrons. The molecule has 0 rings (SSSR count). The zero-order valence-corrected chi connectivity index (χ0v) is 8.86. The second-order valence-corrected chi connectivity index (χ2v) is 0. The van der Waals surface area contributed by atoms with Gasteiger partial charge in [0.1, 0.15) is 0 Å². The molecule has 0 fully saturated rings. The van der Waals surface area contributed by atoms with E-state index in [-0.39, 0.29) is 41.3 Å². The third-order valence-corrected chi connectivity index (χ3v) is 0. The molecule has 0 aromatic carbocycles. The van der Waals surface area contributed by atoms with Crippen LogP contribution < -0.4 is 0 Å². The zero-order valence-electron chi connectivity index (χ0n) is 5.12. The Balaban J connectivity index is -0.00000000267. The van der Waals surface area contributed by atoms with E-state index in [9.17, 15) is 0 Å². The van der Waals surface area contributed by atoms with Gasteiger partial charge in [-0.3, -0.25) is 0 Å². The average molecular weight is 238 g/mol. The van der Waals surface area contributed by atoms with E-state index in [1.54, 1.807) is 0 Å². The second kappa shape index (κ2) is 202. The van der Waals surface area contributed by atoms with Crippen LogP contribution in [-0.4, -0.2) is 0 Å². The van der Waals surface area contributed by atoms with E-state index in [4.69, 9.17) is 0 Å². The minimum absolute atomic E-state index is 0. The van der Waals surface area contributed by atoms with E-state index >= 15 is 0 Å². The first kappa shape index (κ1) is 41.9. The Bertz CT molecular complexity index is 8.04. The van der Waals surface area contributed by atoms with Crippen LogP contribution in [0.3, 0.4) is 0 Å². The first-order chi connectivity index (χ1) is 2.00. The molecule has 0 aromatic heterocycles. The van der Waals surface area contributed by atoms with Crippen molar-refractivity contribution in [2.45, 2.75) is 35.1 Å². The molecule has 0 aromatic rings. The summed E-state index contributed by atoms with van der Waals surface area (Å²) in [4.78, 5) is 0. The molecule has 0 radical (unpaired) electrons. The van der Waals surface area contributed by atoms with E-state index in [1.807, 2.05) is 27.7 Å². The van der Waals surface area contributed by atoms with E-state index in [2.05, 4.69) is 0 Å². The summed E-state index contributed by atoms with van der Waals surface area (Å²) < 4.78 is 0. The lowest BCUT2D eigenvalue weighted by atomic mass is 11.0. The lowest BCUT2D eigenvalue weighted by molar-refractivity contribution is 1.50. The first-order valence-corrected chi connectivity index (χ1v) is 2.00. The Morgan fingerprint density at radius 3 is 0.714 bits per heavy atom. The van der Waals surface area contributed by atoms with Gasteiger partial charge in [-0.15, -0.1) is 24.0 Å². The number of halogens is 1. The van der Waals surface area contributed by atoms with Gasteiger partial charge in [0.05, 0.1) is 0 Å².